The Balaban J connectivity index is 1.75. The first-order chi connectivity index (χ1) is 9.13. The number of benzene rings is 1. The molecular weight excluding hydrogens is 238 g/mol. The third kappa shape index (κ3) is 2.45. The van der Waals surface area contributed by atoms with Gasteiger partial charge in [-0.05, 0) is 62.5 Å². The van der Waals surface area contributed by atoms with Crippen LogP contribution in [0.25, 0.3) is 0 Å². The molecule has 1 unspecified atom stereocenters. The van der Waals surface area contributed by atoms with Crippen molar-refractivity contribution in [1.82, 2.24) is 4.90 Å². The second-order valence-corrected chi connectivity index (χ2v) is 5.78. The molecule has 3 aliphatic heterocycles. The largest absolute Gasteiger partial charge is 0.381 e. The average Bonchev–Trinajstić information content (AvgIpc) is 2.42. The molecule has 3 fully saturated rings. The van der Waals surface area contributed by atoms with Gasteiger partial charge in [0.1, 0.15) is 0 Å². The Morgan fingerprint density at radius 3 is 2.63 bits per heavy atom. The zero-order valence-electron chi connectivity index (χ0n) is 11.4. The molecule has 102 valence electrons. The molecule has 1 aromatic rings. The Morgan fingerprint density at radius 2 is 2.11 bits per heavy atom. The van der Waals surface area contributed by atoms with Crippen LogP contribution in [0.1, 0.15) is 28.8 Å². The Kier molecular flexibility index (Phi) is 3.19. The highest BCUT2D eigenvalue weighted by Gasteiger charge is 2.34. The molecule has 4 heteroatoms. The fraction of sp³-hybridized carbons (Fsp3) is 0.533. The number of hydrogen-bond acceptors (Lipinski definition) is 3. The van der Waals surface area contributed by atoms with Crippen molar-refractivity contribution in [3.05, 3.63) is 29.3 Å². The predicted molar refractivity (Wildman–Crippen MR) is 76.3 cm³/mol. The smallest absolute Gasteiger partial charge is 0.248 e. The number of amides is 1. The van der Waals surface area contributed by atoms with Crippen molar-refractivity contribution >= 4 is 11.6 Å². The van der Waals surface area contributed by atoms with Gasteiger partial charge >= 0.3 is 0 Å². The van der Waals surface area contributed by atoms with Crippen molar-refractivity contribution in [2.45, 2.75) is 25.8 Å². The van der Waals surface area contributed by atoms with Crippen molar-refractivity contribution in [1.29, 1.82) is 0 Å². The number of rotatable bonds is 3. The summed E-state index contributed by atoms with van der Waals surface area (Å²) in [5, 5.41) is 3.65. The number of hydrogen-bond donors (Lipinski definition) is 2. The number of carbonyl (C=O) groups is 1. The summed E-state index contributed by atoms with van der Waals surface area (Å²) in [6.45, 7) is 5.67. The molecule has 1 aromatic carbocycles. The second kappa shape index (κ2) is 4.85. The molecule has 4 rings (SSSR count). The molecule has 1 atom stereocenters. The lowest BCUT2D eigenvalue weighted by atomic mass is 9.84. The van der Waals surface area contributed by atoms with Crippen LogP contribution in [-0.2, 0) is 0 Å². The molecule has 0 radical (unpaired) electrons. The van der Waals surface area contributed by atoms with E-state index in [-0.39, 0.29) is 5.91 Å². The first kappa shape index (κ1) is 12.5. The average molecular weight is 259 g/mol. The minimum atomic E-state index is -0.363. The molecule has 4 nitrogen and oxygen atoms in total. The summed E-state index contributed by atoms with van der Waals surface area (Å²) >= 11 is 0. The maximum atomic E-state index is 11.2. The lowest BCUT2D eigenvalue weighted by Crippen LogP contribution is -2.53. The molecule has 3 saturated heterocycles. The zero-order valence-corrected chi connectivity index (χ0v) is 11.4. The van der Waals surface area contributed by atoms with Crippen LogP contribution in [0.3, 0.4) is 0 Å². The fourth-order valence-electron chi connectivity index (χ4n) is 3.31. The van der Waals surface area contributed by atoms with Gasteiger partial charge in [0.2, 0.25) is 5.91 Å². The quantitative estimate of drug-likeness (QED) is 0.867. The molecular formula is C15H21N3O. The molecule has 3 N–H and O–H groups in total. The summed E-state index contributed by atoms with van der Waals surface area (Å²) in [4.78, 5) is 13.7. The number of carbonyl (C=O) groups excluding carboxylic acids is 1. The summed E-state index contributed by atoms with van der Waals surface area (Å²) < 4.78 is 0. The minimum absolute atomic E-state index is 0.363. The lowest BCUT2D eigenvalue weighted by molar-refractivity contribution is 0.0975. The molecule has 0 aromatic heterocycles. The Labute approximate surface area is 114 Å². The fourth-order valence-corrected chi connectivity index (χ4v) is 3.31. The topological polar surface area (TPSA) is 58.4 Å². The first-order valence-corrected chi connectivity index (χ1v) is 7.03. The van der Waals surface area contributed by atoms with E-state index in [1.807, 2.05) is 19.1 Å². The van der Waals surface area contributed by atoms with Gasteiger partial charge in [-0.2, -0.15) is 0 Å². The van der Waals surface area contributed by atoms with E-state index in [4.69, 9.17) is 5.73 Å². The number of nitrogens with two attached hydrogens (primary N) is 1. The summed E-state index contributed by atoms with van der Waals surface area (Å²) in [7, 11) is 0. The summed E-state index contributed by atoms with van der Waals surface area (Å²) in [6.07, 6.45) is 2.60. The van der Waals surface area contributed by atoms with E-state index in [0.29, 0.717) is 11.6 Å². The Hall–Kier alpha value is -1.55. The summed E-state index contributed by atoms with van der Waals surface area (Å²) in [5.74, 6) is 0.428. The molecule has 2 bridgehead atoms. The van der Waals surface area contributed by atoms with Gasteiger partial charge in [-0.15, -0.1) is 0 Å². The Bertz CT molecular complexity index is 492. The number of aryl methyl sites for hydroxylation is 1. The van der Waals surface area contributed by atoms with Crippen LogP contribution < -0.4 is 11.1 Å². The van der Waals surface area contributed by atoms with Gasteiger partial charge < -0.3 is 16.0 Å². The van der Waals surface area contributed by atoms with Crippen molar-refractivity contribution in [3.63, 3.8) is 0 Å². The third-order valence-electron chi connectivity index (χ3n) is 4.51. The number of anilines is 1. The Morgan fingerprint density at radius 1 is 1.37 bits per heavy atom. The maximum absolute atomic E-state index is 11.2. The van der Waals surface area contributed by atoms with Gasteiger partial charge in [0.05, 0.1) is 0 Å². The van der Waals surface area contributed by atoms with E-state index < -0.39 is 0 Å². The number of fused-ring (bicyclic) bond motifs is 3. The standard InChI is InChI=1S/C15H21N3O/c1-10-8-12(15(16)19)2-3-13(10)17-14-9-18-6-4-11(14)5-7-18/h2-3,8,11,14,17H,4-7,9H2,1H3,(H2,16,19). The third-order valence-corrected chi connectivity index (χ3v) is 4.51. The molecule has 3 heterocycles. The van der Waals surface area contributed by atoms with Gasteiger partial charge in [0, 0.05) is 23.8 Å². The van der Waals surface area contributed by atoms with Crippen LogP contribution >= 0.6 is 0 Å². The number of nitrogens with one attached hydrogen (secondary N) is 1. The normalized spacial score (nSPS) is 29.2. The van der Waals surface area contributed by atoms with E-state index in [1.54, 1.807) is 6.07 Å². The monoisotopic (exact) mass is 259 g/mol. The van der Waals surface area contributed by atoms with Crippen LogP contribution in [0.4, 0.5) is 5.69 Å². The van der Waals surface area contributed by atoms with Crippen LogP contribution in [0, 0.1) is 12.8 Å². The van der Waals surface area contributed by atoms with E-state index >= 15 is 0 Å². The van der Waals surface area contributed by atoms with Crippen molar-refractivity contribution < 1.29 is 4.79 Å². The van der Waals surface area contributed by atoms with Crippen molar-refractivity contribution in [3.8, 4) is 0 Å². The van der Waals surface area contributed by atoms with E-state index in [1.165, 1.54) is 25.9 Å². The van der Waals surface area contributed by atoms with E-state index in [0.717, 1.165) is 23.7 Å². The van der Waals surface area contributed by atoms with Gasteiger partial charge in [0.25, 0.3) is 0 Å². The number of primary amides is 1. The van der Waals surface area contributed by atoms with Crippen molar-refractivity contribution in [2.75, 3.05) is 25.0 Å². The molecule has 1 amide bonds. The summed E-state index contributed by atoms with van der Waals surface area (Å²) in [5.41, 5.74) is 8.10. The highest BCUT2D eigenvalue weighted by atomic mass is 16.1. The zero-order chi connectivity index (χ0) is 13.4. The molecule has 19 heavy (non-hydrogen) atoms. The van der Waals surface area contributed by atoms with Gasteiger partial charge in [-0.25, -0.2) is 0 Å². The highest BCUT2D eigenvalue weighted by Crippen LogP contribution is 2.30. The van der Waals surface area contributed by atoms with Crippen LogP contribution in [0.5, 0.6) is 0 Å². The second-order valence-electron chi connectivity index (χ2n) is 5.78. The molecule has 0 aliphatic carbocycles. The van der Waals surface area contributed by atoms with Crippen LogP contribution in [-0.4, -0.2) is 36.5 Å². The molecule has 0 saturated carbocycles. The van der Waals surface area contributed by atoms with Gasteiger partial charge in [-0.3, -0.25) is 4.79 Å². The van der Waals surface area contributed by atoms with Gasteiger partial charge in [-0.1, -0.05) is 0 Å². The highest BCUT2D eigenvalue weighted by molar-refractivity contribution is 5.93. The van der Waals surface area contributed by atoms with Crippen molar-refractivity contribution in [2.24, 2.45) is 11.7 Å². The molecule has 0 spiro atoms. The predicted octanol–water partition coefficient (Wildman–Crippen LogP) is 1.60. The minimum Gasteiger partial charge on any atom is -0.381 e. The van der Waals surface area contributed by atoms with E-state index in [2.05, 4.69) is 10.2 Å². The number of piperidine rings is 3. The number of nitrogens with zero attached hydrogens (tertiary/aromatic N) is 1. The first-order valence-electron chi connectivity index (χ1n) is 7.03. The lowest BCUT2D eigenvalue weighted by Gasteiger charge is -2.45. The van der Waals surface area contributed by atoms with E-state index in [9.17, 15) is 4.79 Å². The van der Waals surface area contributed by atoms with Gasteiger partial charge in [0.15, 0.2) is 0 Å². The summed E-state index contributed by atoms with van der Waals surface area (Å²) in [6, 6.07) is 6.19. The maximum Gasteiger partial charge on any atom is 0.248 e. The van der Waals surface area contributed by atoms with Crippen LogP contribution in [0.2, 0.25) is 0 Å². The van der Waals surface area contributed by atoms with Crippen LogP contribution in [0.15, 0.2) is 18.2 Å². The SMILES string of the molecule is Cc1cc(C(N)=O)ccc1NC1CN2CCC1CC2. The molecule has 3 aliphatic rings.